The maximum Gasteiger partial charge on any atom is 0.247 e. The number of halogens is 1. The predicted octanol–water partition coefficient (Wildman–Crippen LogP) is 5.66. The van der Waals surface area contributed by atoms with Gasteiger partial charge in [0.15, 0.2) is 0 Å². The van der Waals surface area contributed by atoms with Crippen LogP contribution >= 0.6 is 22.9 Å². The summed E-state index contributed by atoms with van der Waals surface area (Å²) in [6.45, 7) is 2.03. The van der Waals surface area contributed by atoms with Crippen LogP contribution in [0, 0.1) is 0 Å². The van der Waals surface area contributed by atoms with Crippen molar-refractivity contribution in [3.05, 3.63) is 87.4 Å². The van der Waals surface area contributed by atoms with E-state index in [-0.39, 0.29) is 0 Å². The number of thiophene rings is 1. The van der Waals surface area contributed by atoms with Crippen LogP contribution < -0.4 is 4.74 Å². The van der Waals surface area contributed by atoms with Gasteiger partial charge in [-0.05, 0) is 41.8 Å². The van der Waals surface area contributed by atoms with Gasteiger partial charge in [-0.15, -0.1) is 21.5 Å². The van der Waals surface area contributed by atoms with E-state index in [2.05, 4.69) is 38.7 Å². The Hall–Kier alpha value is -2.67. The van der Waals surface area contributed by atoms with Crippen LogP contribution in [0.25, 0.3) is 11.5 Å². The monoisotopic (exact) mass is 425 g/mol. The van der Waals surface area contributed by atoms with Gasteiger partial charge in [-0.2, -0.15) is 0 Å². The summed E-state index contributed by atoms with van der Waals surface area (Å²) < 4.78 is 11.4. The highest BCUT2D eigenvalue weighted by Crippen LogP contribution is 2.24. The molecule has 0 unspecified atom stereocenters. The summed E-state index contributed by atoms with van der Waals surface area (Å²) in [5.41, 5.74) is 1.96. The van der Waals surface area contributed by atoms with E-state index >= 15 is 0 Å². The quantitative estimate of drug-likeness (QED) is 0.364. The van der Waals surface area contributed by atoms with Crippen molar-refractivity contribution < 1.29 is 9.15 Å². The fourth-order valence-electron chi connectivity index (χ4n) is 3.08. The number of ether oxygens (including phenoxy) is 1. The third kappa shape index (κ3) is 5.03. The molecular formula is C22H20ClN3O2S. The molecule has 2 aromatic heterocycles. The molecule has 0 fully saturated rings. The molecule has 0 aliphatic rings. The van der Waals surface area contributed by atoms with Gasteiger partial charge >= 0.3 is 0 Å². The first-order valence-electron chi connectivity index (χ1n) is 9.16. The molecule has 0 spiro atoms. The molecule has 29 heavy (non-hydrogen) atoms. The van der Waals surface area contributed by atoms with E-state index in [4.69, 9.17) is 20.8 Å². The molecule has 5 nitrogen and oxygen atoms in total. The van der Waals surface area contributed by atoms with Gasteiger partial charge in [-0.3, -0.25) is 4.90 Å². The number of benzene rings is 2. The summed E-state index contributed by atoms with van der Waals surface area (Å²) in [7, 11) is 1.69. The first kappa shape index (κ1) is 19.6. The van der Waals surface area contributed by atoms with Gasteiger partial charge in [0.1, 0.15) is 5.75 Å². The van der Waals surface area contributed by atoms with Crippen LogP contribution in [-0.4, -0.2) is 22.2 Å². The van der Waals surface area contributed by atoms with Crippen molar-refractivity contribution in [2.24, 2.45) is 0 Å². The van der Waals surface area contributed by atoms with Crippen molar-refractivity contribution in [2.75, 3.05) is 7.11 Å². The molecule has 0 atom stereocenters. The minimum absolute atomic E-state index is 0.491. The van der Waals surface area contributed by atoms with Crippen molar-refractivity contribution in [2.45, 2.75) is 19.6 Å². The zero-order valence-corrected chi connectivity index (χ0v) is 17.5. The lowest BCUT2D eigenvalue weighted by molar-refractivity contribution is 0.222. The largest absolute Gasteiger partial charge is 0.496 e. The molecule has 0 N–H and O–H groups in total. The van der Waals surface area contributed by atoms with E-state index in [1.807, 2.05) is 42.5 Å². The Morgan fingerprint density at radius 2 is 1.79 bits per heavy atom. The molecule has 0 aliphatic carbocycles. The maximum atomic E-state index is 5.96. The second-order valence-electron chi connectivity index (χ2n) is 6.54. The van der Waals surface area contributed by atoms with Crippen LogP contribution in [0.5, 0.6) is 5.75 Å². The van der Waals surface area contributed by atoms with E-state index in [9.17, 15) is 0 Å². The molecular weight excluding hydrogens is 406 g/mol. The number of hydrogen-bond donors (Lipinski definition) is 0. The average molecular weight is 426 g/mol. The molecule has 0 aliphatic heterocycles. The molecule has 2 heterocycles. The summed E-state index contributed by atoms with van der Waals surface area (Å²) in [6, 6.07) is 19.6. The third-order valence-electron chi connectivity index (χ3n) is 4.46. The van der Waals surface area contributed by atoms with Crippen LogP contribution in [-0.2, 0) is 19.6 Å². The van der Waals surface area contributed by atoms with Crippen LogP contribution in [0.1, 0.15) is 16.3 Å². The minimum atomic E-state index is 0.491. The second-order valence-corrected chi connectivity index (χ2v) is 8.01. The van der Waals surface area contributed by atoms with Crippen molar-refractivity contribution in [3.63, 3.8) is 0 Å². The first-order chi connectivity index (χ1) is 14.2. The molecule has 148 valence electrons. The second kappa shape index (κ2) is 9.22. The Morgan fingerprint density at radius 1 is 0.966 bits per heavy atom. The van der Waals surface area contributed by atoms with E-state index in [0.717, 1.165) is 23.4 Å². The van der Waals surface area contributed by atoms with Crippen LogP contribution in [0.2, 0.25) is 5.02 Å². The summed E-state index contributed by atoms with van der Waals surface area (Å²) >= 11 is 7.69. The van der Waals surface area contributed by atoms with Crippen LogP contribution in [0.4, 0.5) is 0 Å². The van der Waals surface area contributed by atoms with E-state index < -0.39 is 0 Å². The van der Waals surface area contributed by atoms with Crippen molar-refractivity contribution in [1.82, 2.24) is 15.1 Å². The van der Waals surface area contributed by atoms with Crippen molar-refractivity contribution in [1.29, 1.82) is 0 Å². The number of para-hydroxylation sites is 1. The molecule has 4 rings (SSSR count). The number of aromatic nitrogens is 2. The number of rotatable bonds is 8. The van der Waals surface area contributed by atoms with E-state index in [1.165, 1.54) is 4.88 Å². The molecule has 2 aromatic carbocycles. The highest BCUT2D eigenvalue weighted by Gasteiger charge is 2.16. The standard InChI is InChI=1S/C22H20ClN3O2S/c1-27-20-7-3-2-5-17(20)13-26(14-19-6-4-12-29-19)15-21-24-25-22(28-21)16-8-10-18(23)11-9-16/h2-12H,13-15H2,1H3. The van der Waals surface area contributed by atoms with E-state index in [0.29, 0.717) is 29.9 Å². The summed E-state index contributed by atoms with van der Waals surface area (Å²) in [5.74, 6) is 1.93. The van der Waals surface area contributed by atoms with Gasteiger partial charge in [0, 0.05) is 34.1 Å². The Labute approximate surface area is 178 Å². The highest BCUT2D eigenvalue weighted by atomic mass is 35.5. The van der Waals surface area contributed by atoms with Crippen LogP contribution in [0.15, 0.2) is 70.5 Å². The molecule has 7 heteroatoms. The van der Waals surface area contributed by atoms with Gasteiger partial charge in [0.25, 0.3) is 0 Å². The average Bonchev–Trinajstić information content (AvgIpc) is 3.41. The van der Waals surface area contributed by atoms with Gasteiger partial charge in [0.05, 0.1) is 13.7 Å². The van der Waals surface area contributed by atoms with E-state index in [1.54, 1.807) is 18.4 Å². The number of nitrogens with zero attached hydrogens (tertiary/aromatic N) is 3. The Balaban J connectivity index is 1.54. The van der Waals surface area contributed by atoms with Gasteiger partial charge in [0.2, 0.25) is 11.8 Å². The smallest absolute Gasteiger partial charge is 0.247 e. The zero-order valence-electron chi connectivity index (χ0n) is 15.9. The maximum absolute atomic E-state index is 5.96. The molecule has 0 radical (unpaired) electrons. The number of hydrogen-bond acceptors (Lipinski definition) is 6. The Kier molecular flexibility index (Phi) is 6.24. The Morgan fingerprint density at radius 3 is 2.55 bits per heavy atom. The predicted molar refractivity (Wildman–Crippen MR) is 115 cm³/mol. The first-order valence-corrected chi connectivity index (χ1v) is 10.4. The molecule has 0 bridgehead atoms. The zero-order chi connectivity index (χ0) is 20.1. The molecule has 4 aromatic rings. The Bertz CT molecular complexity index is 1050. The van der Waals surface area contributed by atoms with Crippen molar-refractivity contribution in [3.8, 4) is 17.2 Å². The summed E-state index contributed by atoms with van der Waals surface area (Å²) in [5, 5.41) is 11.2. The normalized spacial score (nSPS) is 11.1. The summed E-state index contributed by atoms with van der Waals surface area (Å²) in [6.07, 6.45) is 0. The van der Waals surface area contributed by atoms with Gasteiger partial charge in [-0.25, -0.2) is 0 Å². The lowest BCUT2D eigenvalue weighted by atomic mass is 10.2. The summed E-state index contributed by atoms with van der Waals surface area (Å²) in [4.78, 5) is 3.54. The molecule has 0 saturated heterocycles. The molecule has 0 saturated carbocycles. The third-order valence-corrected chi connectivity index (χ3v) is 5.58. The minimum Gasteiger partial charge on any atom is -0.496 e. The van der Waals surface area contributed by atoms with Crippen LogP contribution in [0.3, 0.4) is 0 Å². The topological polar surface area (TPSA) is 51.4 Å². The number of methoxy groups -OCH3 is 1. The fraction of sp³-hybridized carbons (Fsp3) is 0.182. The lowest BCUT2D eigenvalue weighted by Gasteiger charge is -2.21. The SMILES string of the molecule is COc1ccccc1CN(Cc1nnc(-c2ccc(Cl)cc2)o1)Cc1cccs1. The lowest BCUT2D eigenvalue weighted by Crippen LogP contribution is -2.22. The van der Waals surface area contributed by atoms with Gasteiger partial charge in [-0.1, -0.05) is 35.9 Å². The molecule has 0 amide bonds. The van der Waals surface area contributed by atoms with Crippen molar-refractivity contribution >= 4 is 22.9 Å². The van der Waals surface area contributed by atoms with Gasteiger partial charge < -0.3 is 9.15 Å². The highest BCUT2D eigenvalue weighted by molar-refractivity contribution is 7.09. The fourth-order valence-corrected chi connectivity index (χ4v) is 3.96.